The van der Waals surface area contributed by atoms with Crippen LogP contribution in [-0.2, 0) is 4.79 Å². The zero-order valence-corrected chi connectivity index (χ0v) is 11.3. The molecule has 94 valence electrons. The van der Waals surface area contributed by atoms with Crippen LogP contribution in [0, 0.1) is 5.92 Å². The minimum atomic E-state index is 0.0878. The third-order valence-corrected chi connectivity index (χ3v) is 3.01. The molecule has 0 spiro atoms. The second-order valence-electron chi connectivity index (χ2n) is 4.96. The fourth-order valence-electron chi connectivity index (χ4n) is 1.78. The molecule has 0 aliphatic heterocycles. The number of hydrogen-bond acceptors (Lipinski definition) is 1. The number of nitrogens with one attached hydrogen (secondary N) is 1. The van der Waals surface area contributed by atoms with E-state index in [0.29, 0.717) is 5.92 Å². The summed E-state index contributed by atoms with van der Waals surface area (Å²) in [5.41, 5.74) is 2.19. The summed E-state index contributed by atoms with van der Waals surface area (Å²) in [6, 6.07) is 8.10. The second-order valence-corrected chi connectivity index (χ2v) is 4.96. The molecule has 0 fully saturated rings. The molecule has 0 bridgehead atoms. The maximum absolute atomic E-state index is 11.8. The predicted octanol–water partition coefficient (Wildman–Crippen LogP) is 4.18. The number of hydrogen-bond donors (Lipinski definition) is 1. The molecular formula is C15H23NO. The normalized spacial score (nSPS) is 12.5. The van der Waals surface area contributed by atoms with Crippen molar-refractivity contribution in [3.8, 4) is 0 Å². The van der Waals surface area contributed by atoms with Gasteiger partial charge in [-0.25, -0.2) is 0 Å². The maximum atomic E-state index is 11.8. The Morgan fingerprint density at radius 1 is 1.18 bits per heavy atom. The SMILES string of the molecule is CCCC(C)C(=O)Nc1ccc(C(C)C)cc1. The van der Waals surface area contributed by atoms with Gasteiger partial charge >= 0.3 is 0 Å². The average Bonchev–Trinajstić information content (AvgIpc) is 2.30. The smallest absolute Gasteiger partial charge is 0.227 e. The molecule has 0 aliphatic rings. The lowest BCUT2D eigenvalue weighted by atomic mass is 10.0. The van der Waals surface area contributed by atoms with Crippen LogP contribution in [0.15, 0.2) is 24.3 Å². The lowest BCUT2D eigenvalue weighted by Gasteiger charge is -2.12. The van der Waals surface area contributed by atoms with Crippen molar-refractivity contribution in [1.82, 2.24) is 0 Å². The third-order valence-electron chi connectivity index (χ3n) is 3.01. The molecule has 1 rings (SSSR count). The number of amides is 1. The molecule has 1 aromatic carbocycles. The van der Waals surface area contributed by atoms with E-state index in [4.69, 9.17) is 0 Å². The molecule has 1 N–H and O–H groups in total. The van der Waals surface area contributed by atoms with Crippen molar-refractivity contribution in [2.45, 2.75) is 46.5 Å². The highest BCUT2D eigenvalue weighted by Crippen LogP contribution is 2.18. The monoisotopic (exact) mass is 233 g/mol. The summed E-state index contributed by atoms with van der Waals surface area (Å²) in [5, 5.41) is 2.95. The van der Waals surface area contributed by atoms with Gasteiger partial charge in [-0.05, 0) is 30.0 Å². The highest BCUT2D eigenvalue weighted by atomic mass is 16.1. The van der Waals surface area contributed by atoms with Crippen LogP contribution in [0.4, 0.5) is 5.69 Å². The van der Waals surface area contributed by atoms with Gasteiger partial charge in [-0.15, -0.1) is 0 Å². The molecule has 17 heavy (non-hydrogen) atoms. The van der Waals surface area contributed by atoms with Crippen LogP contribution in [0.2, 0.25) is 0 Å². The van der Waals surface area contributed by atoms with Crippen molar-refractivity contribution < 1.29 is 4.79 Å². The predicted molar refractivity (Wildman–Crippen MR) is 73.2 cm³/mol. The summed E-state index contributed by atoms with van der Waals surface area (Å²) in [6.07, 6.45) is 1.98. The third kappa shape index (κ3) is 4.22. The molecule has 0 aliphatic carbocycles. The Hall–Kier alpha value is -1.31. The van der Waals surface area contributed by atoms with E-state index in [2.05, 4.69) is 38.2 Å². The topological polar surface area (TPSA) is 29.1 Å². The van der Waals surface area contributed by atoms with Crippen LogP contribution in [-0.4, -0.2) is 5.91 Å². The van der Waals surface area contributed by atoms with Gasteiger partial charge in [-0.1, -0.05) is 46.2 Å². The maximum Gasteiger partial charge on any atom is 0.227 e. The van der Waals surface area contributed by atoms with Gasteiger partial charge in [-0.3, -0.25) is 4.79 Å². The highest BCUT2D eigenvalue weighted by Gasteiger charge is 2.11. The van der Waals surface area contributed by atoms with Crippen LogP contribution in [0.1, 0.15) is 52.0 Å². The standard InChI is InChI=1S/C15H23NO/c1-5-6-12(4)15(17)16-14-9-7-13(8-10-14)11(2)3/h7-12H,5-6H2,1-4H3,(H,16,17). The summed E-state index contributed by atoms with van der Waals surface area (Å²) in [6.45, 7) is 8.40. The van der Waals surface area contributed by atoms with Gasteiger partial charge in [0.15, 0.2) is 0 Å². The van der Waals surface area contributed by atoms with Crippen molar-refractivity contribution in [2.24, 2.45) is 5.92 Å². The fraction of sp³-hybridized carbons (Fsp3) is 0.533. The van der Waals surface area contributed by atoms with E-state index in [9.17, 15) is 4.79 Å². The minimum Gasteiger partial charge on any atom is -0.326 e. The van der Waals surface area contributed by atoms with E-state index in [1.807, 2.05) is 19.1 Å². The van der Waals surface area contributed by atoms with E-state index >= 15 is 0 Å². The van der Waals surface area contributed by atoms with Crippen LogP contribution in [0.25, 0.3) is 0 Å². The molecule has 1 atom stereocenters. The van der Waals surface area contributed by atoms with Crippen LogP contribution in [0.5, 0.6) is 0 Å². The van der Waals surface area contributed by atoms with Crippen LogP contribution in [0.3, 0.4) is 0 Å². The molecule has 0 heterocycles. The fourth-order valence-corrected chi connectivity index (χ4v) is 1.78. The van der Waals surface area contributed by atoms with E-state index in [-0.39, 0.29) is 11.8 Å². The van der Waals surface area contributed by atoms with Gasteiger partial charge in [0.1, 0.15) is 0 Å². The molecule has 2 nitrogen and oxygen atoms in total. The number of carbonyl (C=O) groups is 1. The van der Waals surface area contributed by atoms with Crippen molar-refractivity contribution >= 4 is 11.6 Å². The first-order valence-corrected chi connectivity index (χ1v) is 6.45. The number of carbonyl (C=O) groups excluding carboxylic acids is 1. The number of rotatable bonds is 5. The Labute approximate surface area is 104 Å². The van der Waals surface area contributed by atoms with Gasteiger partial charge in [0.05, 0.1) is 0 Å². The van der Waals surface area contributed by atoms with Crippen molar-refractivity contribution in [3.05, 3.63) is 29.8 Å². The van der Waals surface area contributed by atoms with E-state index in [1.165, 1.54) is 5.56 Å². The molecule has 0 saturated heterocycles. The van der Waals surface area contributed by atoms with Crippen LogP contribution >= 0.6 is 0 Å². The summed E-state index contributed by atoms with van der Waals surface area (Å²) >= 11 is 0. The van der Waals surface area contributed by atoms with E-state index in [0.717, 1.165) is 18.5 Å². The van der Waals surface area contributed by atoms with Gasteiger partial charge in [0.25, 0.3) is 0 Å². The van der Waals surface area contributed by atoms with Gasteiger partial charge < -0.3 is 5.32 Å². The van der Waals surface area contributed by atoms with E-state index in [1.54, 1.807) is 0 Å². The Balaban J connectivity index is 2.60. The zero-order valence-electron chi connectivity index (χ0n) is 11.3. The Kier molecular flexibility index (Phi) is 5.20. The zero-order chi connectivity index (χ0) is 12.8. The molecule has 1 unspecified atom stereocenters. The van der Waals surface area contributed by atoms with Gasteiger partial charge in [-0.2, -0.15) is 0 Å². The molecule has 0 saturated carbocycles. The average molecular weight is 233 g/mol. The molecule has 0 aromatic heterocycles. The molecule has 1 amide bonds. The molecule has 0 radical (unpaired) electrons. The Morgan fingerprint density at radius 2 is 1.76 bits per heavy atom. The number of benzene rings is 1. The Morgan fingerprint density at radius 3 is 2.24 bits per heavy atom. The number of anilines is 1. The lowest BCUT2D eigenvalue weighted by Crippen LogP contribution is -2.20. The Bertz CT molecular complexity index is 354. The quantitative estimate of drug-likeness (QED) is 0.812. The summed E-state index contributed by atoms with van der Waals surface area (Å²) < 4.78 is 0. The highest BCUT2D eigenvalue weighted by molar-refractivity contribution is 5.92. The molecule has 1 aromatic rings. The first-order chi connectivity index (χ1) is 8.04. The molecular weight excluding hydrogens is 210 g/mol. The van der Waals surface area contributed by atoms with E-state index < -0.39 is 0 Å². The van der Waals surface area contributed by atoms with Crippen molar-refractivity contribution in [1.29, 1.82) is 0 Å². The summed E-state index contributed by atoms with van der Waals surface area (Å²) in [4.78, 5) is 11.8. The van der Waals surface area contributed by atoms with Gasteiger partial charge in [0, 0.05) is 11.6 Å². The first kappa shape index (κ1) is 13.8. The van der Waals surface area contributed by atoms with Crippen molar-refractivity contribution in [2.75, 3.05) is 5.32 Å². The lowest BCUT2D eigenvalue weighted by molar-refractivity contribution is -0.119. The second kappa shape index (κ2) is 6.43. The molecule has 2 heteroatoms. The summed E-state index contributed by atoms with van der Waals surface area (Å²) in [7, 11) is 0. The van der Waals surface area contributed by atoms with Crippen LogP contribution < -0.4 is 5.32 Å². The first-order valence-electron chi connectivity index (χ1n) is 6.45. The minimum absolute atomic E-state index is 0.0878. The van der Waals surface area contributed by atoms with Crippen molar-refractivity contribution in [3.63, 3.8) is 0 Å². The summed E-state index contributed by atoms with van der Waals surface area (Å²) in [5.74, 6) is 0.729. The largest absolute Gasteiger partial charge is 0.326 e. The van der Waals surface area contributed by atoms with Gasteiger partial charge in [0.2, 0.25) is 5.91 Å².